The molecule has 0 spiro atoms. The number of rotatable bonds is 7. The normalized spacial score (nSPS) is 17.1. The zero-order valence-corrected chi connectivity index (χ0v) is 20.1. The van der Waals surface area contributed by atoms with Crippen LogP contribution in [0, 0.1) is 5.82 Å². The number of nitrogens with one attached hydrogen (secondary N) is 1. The van der Waals surface area contributed by atoms with E-state index in [4.69, 9.17) is 9.15 Å². The molecule has 1 saturated carbocycles. The van der Waals surface area contributed by atoms with Gasteiger partial charge in [-0.3, -0.25) is 14.5 Å². The third kappa shape index (κ3) is 5.28. The van der Waals surface area contributed by atoms with E-state index in [2.05, 4.69) is 10.2 Å². The number of carbonyl (C=O) groups is 2. The Kier molecular flexibility index (Phi) is 7.32. The molecule has 1 atom stereocenters. The molecule has 3 aromatic rings. The summed E-state index contributed by atoms with van der Waals surface area (Å²) in [6, 6.07) is 15.6. The van der Waals surface area contributed by atoms with Crippen molar-refractivity contribution >= 4 is 23.2 Å². The lowest BCUT2D eigenvalue weighted by molar-refractivity contribution is -0.123. The number of anilines is 2. The highest BCUT2D eigenvalue weighted by atomic mass is 19.1. The van der Waals surface area contributed by atoms with Gasteiger partial charge in [-0.25, -0.2) is 4.39 Å². The van der Waals surface area contributed by atoms with Gasteiger partial charge in [0.1, 0.15) is 11.9 Å². The van der Waals surface area contributed by atoms with Crippen molar-refractivity contribution in [3.8, 4) is 0 Å². The van der Waals surface area contributed by atoms with Gasteiger partial charge in [-0.15, -0.1) is 0 Å². The third-order valence-electron chi connectivity index (χ3n) is 6.85. The van der Waals surface area contributed by atoms with Gasteiger partial charge in [-0.1, -0.05) is 25.0 Å². The highest BCUT2D eigenvalue weighted by Gasteiger charge is 2.36. The smallest absolute Gasteiger partial charge is 0.294 e. The summed E-state index contributed by atoms with van der Waals surface area (Å²) in [5.41, 5.74) is 2.09. The molecule has 0 bridgehead atoms. The molecular formula is C28H30FN3O4. The van der Waals surface area contributed by atoms with Crippen molar-refractivity contribution in [2.45, 2.75) is 37.8 Å². The SMILES string of the molecule is O=C(NC1CCCC1)C(c1ccc(N2CCOCC2)cc1)N(C(=O)c1ccco1)c1ccc(F)cc1. The standard InChI is InChI=1S/C28H30FN3O4/c29-21-9-13-24(14-10-21)32(28(34)25-6-3-17-36-25)26(27(33)30-22-4-1-2-5-22)20-7-11-23(12-8-20)31-15-18-35-19-16-31/h3,6-14,17,22,26H,1-2,4-5,15-16,18-19H2,(H,30,33). The first kappa shape index (κ1) is 24.1. The summed E-state index contributed by atoms with van der Waals surface area (Å²) in [7, 11) is 0. The number of furan rings is 1. The van der Waals surface area contributed by atoms with Crippen molar-refractivity contribution in [1.29, 1.82) is 0 Å². The lowest BCUT2D eigenvalue weighted by atomic mass is 10.0. The van der Waals surface area contributed by atoms with E-state index in [1.165, 1.54) is 35.4 Å². The van der Waals surface area contributed by atoms with Gasteiger partial charge in [0.05, 0.1) is 19.5 Å². The number of ether oxygens (including phenoxy) is 1. The van der Waals surface area contributed by atoms with Gasteiger partial charge in [-0.2, -0.15) is 0 Å². The minimum absolute atomic E-state index is 0.0707. The fourth-order valence-corrected chi connectivity index (χ4v) is 4.96. The zero-order chi connectivity index (χ0) is 24.9. The second-order valence-corrected chi connectivity index (χ2v) is 9.21. The van der Waals surface area contributed by atoms with E-state index in [-0.39, 0.29) is 17.7 Å². The van der Waals surface area contributed by atoms with Gasteiger partial charge in [0.25, 0.3) is 5.91 Å². The summed E-state index contributed by atoms with van der Waals surface area (Å²) in [5, 5.41) is 3.15. The van der Waals surface area contributed by atoms with Crippen LogP contribution in [-0.4, -0.2) is 44.2 Å². The Balaban J connectivity index is 1.54. The van der Waals surface area contributed by atoms with Crippen LogP contribution >= 0.6 is 0 Å². The van der Waals surface area contributed by atoms with Crippen LogP contribution in [0.15, 0.2) is 71.3 Å². The van der Waals surface area contributed by atoms with E-state index in [0.29, 0.717) is 24.5 Å². The first-order chi connectivity index (χ1) is 17.6. The van der Waals surface area contributed by atoms with Crippen LogP contribution in [0.5, 0.6) is 0 Å². The monoisotopic (exact) mass is 491 g/mol. The lowest BCUT2D eigenvalue weighted by Gasteiger charge is -2.32. The summed E-state index contributed by atoms with van der Waals surface area (Å²) in [6.07, 6.45) is 5.38. The van der Waals surface area contributed by atoms with Crippen molar-refractivity contribution in [3.63, 3.8) is 0 Å². The summed E-state index contributed by atoms with van der Waals surface area (Å²) in [4.78, 5) is 31.1. The van der Waals surface area contributed by atoms with Crippen LogP contribution in [0.4, 0.5) is 15.8 Å². The molecule has 1 aromatic heterocycles. The van der Waals surface area contributed by atoms with Crippen LogP contribution in [0.1, 0.15) is 47.8 Å². The number of carbonyl (C=O) groups excluding carboxylic acids is 2. The van der Waals surface area contributed by atoms with Crippen molar-refractivity contribution < 1.29 is 23.1 Å². The van der Waals surface area contributed by atoms with Crippen LogP contribution in [-0.2, 0) is 9.53 Å². The molecule has 7 nitrogen and oxygen atoms in total. The minimum Gasteiger partial charge on any atom is -0.459 e. The van der Waals surface area contributed by atoms with Crippen molar-refractivity contribution in [1.82, 2.24) is 5.32 Å². The van der Waals surface area contributed by atoms with Gasteiger partial charge in [-0.05, 0) is 66.9 Å². The fraction of sp³-hybridized carbons (Fsp3) is 0.357. The van der Waals surface area contributed by atoms with Gasteiger partial charge in [0.15, 0.2) is 5.76 Å². The van der Waals surface area contributed by atoms with Gasteiger partial charge in [0.2, 0.25) is 5.91 Å². The molecular weight excluding hydrogens is 461 g/mol. The molecule has 5 rings (SSSR count). The zero-order valence-electron chi connectivity index (χ0n) is 20.1. The molecule has 1 N–H and O–H groups in total. The molecule has 1 unspecified atom stereocenters. The average Bonchev–Trinajstić information content (AvgIpc) is 3.63. The van der Waals surface area contributed by atoms with Crippen LogP contribution < -0.4 is 15.1 Å². The Hall–Kier alpha value is -3.65. The third-order valence-corrected chi connectivity index (χ3v) is 6.85. The number of morpholine rings is 1. The first-order valence-electron chi connectivity index (χ1n) is 12.5. The second kappa shape index (κ2) is 11.0. The average molecular weight is 492 g/mol. The molecule has 36 heavy (non-hydrogen) atoms. The topological polar surface area (TPSA) is 75.0 Å². The number of amides is 2. The Morgan fingerprint density at radius 2 is 1.67 bits per heavy atom. The Labute approximate surface area is 209 Å². The van der Waals surface area contributed by atoms with E-state index in [1.807, 2.05) is 24.3 Å². The molecule has 0 radical (unpaired) electrons. The van der Waals surface area contributed by atoms with Crippen molar-refractivity contribution in [3.05, 3.63) is 84.1 Å². The number of hydrogen-bond acceptors (Lipinski definition) is 5. The first-order valence-corrected chi connectivity index (χ1v) is 12.5. The summed E-state index contributed by atoms with van der Waals surface area (Å²) in [5.74, 6) is -1.07. The molecule has 2 fully saturated rings. The molecule has 2 amide bonds. The number of benzene rings is 2. The van der Waals surface area contributed by atoms with Gasteiger partial charge in [0, 0.05) is 30.5 Å². The highest BCUT2D eigenvalue weighted by molar-refractivity contribution is 6.08. The molecule has 2 aromatic carbocycles. The summed E-state index contributed by atoms with van der Waals surface area (Å²) >= 11 is 0. The lowest BCUT2D eigenvalue weighted by Crippen LogP contribution is -2.46. The molecule has 2 aliphatic rings. The molecule has 1 aliphatic heterocycles. The van der Waals surface area contributed by atoms with E-state index in [1.54, 1.807) is 12.1 Å². The van der Waals surface area contributed by atoms with E-state index in [0.717, 1.165) is 44.5 Å². The van der Waals surface area contributed by atoms with Gasteiger partial charge >= 0.3 is 0 Å². The number of hydrogen-bond donors (Lipinski definition) is 1. The maximum absolute atomic E-state index is 13.8. The molecule has 8 heteroatoms. The number of halogens is 1. The second-order valence-electron chi connectivity index (χ2n) is 9.21. The maximum Gasteiger partial charge on any atom is 0.294 e. The maximum atomic E-state index is 13.8. The minimum atomic E-state index is -0.965. The van der Waals surface area contributed by atoms with Crippen LogP contribution in [0.2, 0.25) is 0 Å². The summed E-state index contributed by atoms with van der Waals surface area (Å²) in [6.45, 7) is 2.93. The van der Waals surface area contributed by atoms with Crippen molar-refractivity contribution in [2.75, 3.05) is 36.1 Å². The molecule has 1 saturated heterocycles. The Morgan fingerprint density at radius 1 is 0.972 bits per heavy atom. The Bertz CT molecular complexity index is 1150. The van der Waals surface area contributed by atoms with E-state index >= 15 is 0 Å². The fourth-order valence-electron chi connectivity index (χ4n) is 4.96. The van der Waals surface area contributed by atoms with E-state index < -0.39 is 17.8 Å². The predicted molar refractivity (Wildman–Crippen MR) is 135 cm³/mol. The quantitative estimate of drug-likeness (QED) is 0.519. The van der Waals surface area contributed by atoms with E-state index in [9.17, 15) is 14.0 Å². The predicted octanol–water partition coefficient (Wildman–Crippen LogP) is 4.70. The Morgan fingerprint density at radius 3 is 2.31 bits per heavy atom. The highest BCUT2D eigenvalue weighted by Crippen LogP contribution is 2.32. The molecule has 188 valence electrons. The molecule has 1 aliphatic carbocycles. The van der Waals surface area contributed by atoms with Crippen molar-refractivity contribution in [2.24, 2.45) is 0 Å². The largest absolute Gasteiger partial charge is 0.459 e. The van der Waals surface area contributed by atoms with Crippen LogP contribution in [0.3, 0.4) is 0 Å². The van der Waals surface area contributed by atoms with Gasteiger partial charge < -0.3 is 19.4 Å². The molecule has 2 heterocycles. The summed E-state index contributed by atoms with van der Waals surface area (Å²) < 4.78 is 24.6. The number of nitrogens with zero attached hydrogens (tertiary/aromatic N) is 2. The van der Waals surface area contributed by atoms with Crippen LogP contribution in [0.25, 0.3) is 0 Å².